The molecule has 0 fully saturated rings. The van der Waals surface area contributed by atoms with E-state index in [0.717, 1.165) is 17.2 Å². The third-order valence-electron chi connectivity index (χ3n) is 2.95. The minimum atomic E-state index is -0.575. The number of nitrogens with one attached hydrogen (secondary N) is 1. The van der Waals surface area contributed by atoms with Crippen LogP contribution in [0.15, 0.2) is 36.7 Å². The lowest BCUT2D eigenvalue weighted by molar-refractivity contribution is 0.550. The van der Waals surface area contributed by atoms with Crippen LogP contribution in [0.2, 0.25) is 0 Å². The highest BCUT2D eigenvalue weighted by atomic mass is 19.1. The van der Waals surface area contributed by atoms with Crippen LogP contribution >= 0.6 is 0 Å². The minimum Gasteiger partial charge on any atom is -0.309 e. The lowest BCUT2D eigenvalue weighted by Crippen LogP contribution is -2.20. The van der Waals surface area contributed by atoms with E-state index in [0.29, 0.717) is 5.56 Å². The second-order valence-corrected chi connectivity index (χ2v) is 4.12. The van der Waals surface area contributed by atoms with Gasteiger partial charge in [-0.25, -0.2) is 8.78 Å². The lowest BCUT2D eigenvalue weighted by Gasteiger charge is -2.19. The van der Waals surface area contributed by atoms with Crippen LogP contribution in [0.3, 0.4) is 0 Å². The zero-order valence-corrected chi connectivity index (χ0v) is 10.2. The highest BCUT2D eigenvalue weighted by Gasteiger charge is 2.18. The molecule has 2 aromatic rings. The Labute approximate surface area is 105 Å². The molecule has 0 saturated carbocycles. The summed E-state index contributed by atoms with van der Waals surface area (Å²) in [4.78, 5) is 4.05. The number of halogens is 2. The molecule has 18 heavy (non-hydrogen) atoms. The van der Waals surface area contributed by atoms with E-state index in [4.69, 9.17) is 0 Å². The summed E-state index contributed by atoms with van der Waals surface area (Å²) in [5, 5.41) is 3.03. The summed E-state index contributed by atoms with van der Waals surface area (Å²) in [5.41, 5.74) is 2.30. The normalized spacial score (nSPS) is 12.4. The number of benzene rings is 1. The van der Waals surface area contributed by atoms with Crippen LogP contribution < -0.4 is 5.32 Å². The number of nitrogens with zero attached hydrogens (tertiary/aromatic N) is 1. The van der Waals surface area contributed by atoms with Crippen molar-refractivity contribution in [3.63, 3.8) is 0 Å². The van der Waals surface area contributed by atoms with E-state index in [1.54, 1.807) is 19.4 Å². The Hall–Kier alpha value is -1.81. The molecule has 0 aliphatic rings. The summed E-state index contributed by atoms with van der Waals surface area (Å²) < 4.78 is 26.7. The van der Waals surface area contributed by atoms with Gasteiger partial charge in [-0.1, -0.05) is 6.07 Å². The molecule has 94 valence electrons. The summed E-state index contributed by atoms with van der Waals surface area (Å²) >= 11 is 0. The lowest BCUT2D eigenvalue weighted by atomic mass is 9.96. The van der Waals surface area contributed by atoms with E-state index >= 15 is 0 Å². The maximum absolute atomic E-state index is 13.8. The van der Waals surface area contributed by atoms with Gasteiger partial charge in [-0.3, -0.25) is 4.98 Å². The van der Waals surface area contributed by atoms with Gasteiger partial charge < -0.3 is 5.32 Å². The Kier molecular flexibility index (Phi) is 3.67. The Bertz CT molecular complexity index is 555. The second-order valence-electron chi connectivity index (χ2n) is 4.12. The van der Waals surface area contributed by atoms with E-state index in [1.807, 2.05) is 13.0 Å². The van der Waals surface area contributed by atoms with Gasteiger partial charge in [-0.05, 0) is 37.2 Å². The first-order valence-electron chi connectivity index (χ1n) is 5.66. The van der Waals surface area contributed by atoms with Crippen LogP contribution in [0.4, 0.5) is 8.78 Å². The fraction of sp³-hybridized carbons (Fsp3) is 0.214. The van der Waals surface area contributed by atoms with Crippen molar-refractivity contribution in [2.45, 2.75) is 13.0 Å². The quantitative estimate of drug-likeness (QED) is 0.903. The molecule has 1 N–H and O–H groups in total. The molecule has 1 aromatic carbocycles. The molecule has 2 nitrogen and oxygen atoms in total. The molecular weight excluding hydrogens is 234 g/mol. The van der Waals surface area contributed by atoms with Crippen molar-refractivity contribution in [3.05, 3.63) is 65.0 Å². The highest BCUT2D eigenvalue weighted by Crippen LogP contribution is 2.26. The molecular formula is C14H14F2N2. The Morgan fingerprint density at radius 3 is 2.56 bits per heavy atom. The highest BCUT2D eigenvalue weighted by molar-refractivity contribution is 5.35. The number of aromatic nitrogens is 1. The van der Waals surface area contributed by atoms with Crippen LogP contribution in [-0.4, -0.2) is 12.0 Å². The van der Waals surface area contributed by atoms with Crippen molar-refractivity contribution in [1.82, 2.24) is 10.3 Å². The van der Waals surface area contributed by atoms with Crippen LogP contribution in [0.5, 0.6) is 0 Å². The van der Waals surface area contributed by atoms with Crippen molar-refractivity contribution in [2.75, 3.05) is 7.05 Å². The Morgan fingerprint density at radius 1 is 1.17 bits per heavy atom. The fourth-order valence-electron chi connectivity index (χ4n) is 1.99. The van der Waals surface area contributed by atoms with Gasteiger partial charge in [-0.2, -0.15) is 0 Å². The molecule has 1 atom stereocenters. The summed E-state index contributed by atoms with van der Waals surface area (Å²) in [7, 11) is 1.74. The molecule has 0 saturated heterocycles. The number of hydrogen-bond acceptors (Lipinski definition) is 2. The third-order valence-corrected chi connectivity index (χ3v) is 2.95. The van der Waals surface area contributed by atoms with Gasteiger partial charge in [0, 0.05) is 24.0 Å². The number of hydrogen-bond donors (Lipinski definition) is 1. The van der Waals surface area contributed by atoms with Crippen LogP contribution in [0.25, 0.3) is 0 Å². The first kappa shape index (κ1) is 12.6. The van der Waals surface area contributed by atoms with Crippen molar-refractivity contribution in [2.24, 2.45) is 0 Å². The topological polar surface area (TPSA) is 24.9 Å². The summed E-state index contributed by atoms with van der Waals surface area (Å²) in [6.45, 7) is 1.93. The van der Waals surface area contributed by atoms with Gasteiger partial charge in [0.25, 0.3) is 0 Å². The molecule has 1 heterocycles. The van der Waals surface area contributed by atoms with Crippen molar-refractivity contribution in [3.8, 4) is 0 Å². The molecule has 0 radical (unpaired) electrons. The molecule has 2 rings (SSSR count). The Balaban J connectivity index is 2.49. The first-order valence-corrected chi connectivity index (χ1v) is 5.66. The van der Waals surface area contributed by atoms with Gasteiger partial charge in [0.2, 0.25) is 0 Å². The summed E-state index contributed by atoms with van der Waals surface area (Å²) in [6, 6.07) is 5.14. The van der Waals surface area contributed by atoms with Gasteiger partial charge in [0.15, 0.2) is 0 Å². The van der Waals surface area contributed by atoms with E-state index in [-0.39, 0.29) is 6.04 Å². The summed E-state index contributed by atoms with van der Waals surface area (Å²) in [6.07, 6.45) is 3.38. The van der Waals surface area contributed by atoms with E-state index in [1.165, 1.54) is 12.1 Å². The molecule has 1 unspecified atom stereocenters. The maximum Gasteiger partial charge on any atom is 0.131 e. The molecule has 0 bridgehead atoms. The minimum absolute atomic E-state index is 0.334. The fourth-order valence-corrected chi connectivity index (χ4v) is 1.99. The van der Waals surface area contributed by atoms with Gasteiger partial charge in [0.1, 0.15) is 11.6 Å². The second kappa shape index (κ2) is 5.23. The molecule has 0 amide bonds. The average molecular weight is 248 g/mol. The zero-order valence-electron chi connectivity index (χ0n) is 10.2. The molecule has 0 spiro atoms. The van der Waals surface area contributed by atoms with E-state index in [9.17, 15) is 8.78 Å². The van der Waals surface area contributed by atoms with E-state index < -0.39 is 11.6 Å². The van der Waals surface area contributed by atoms with Crippen molar-refractivity contribution in [1.29, 1.82) is 0 Å². The van der Waals surface area contributed by atoms with Gasteiger partial charge in [-0.15, -0.1) is 0 Å². The third kappa shape index (κ3) is 2.38. The monoisotopic (exact) mass is 248 g/mol. The number of pyridine rings is 1. The first-order chi connectivity index (χ1) is 8.63. The van der Waals surface area contributed by atoms with E-state index in [2.05, 4.69) is 10.3 Å². The molecule has 4 heteroatoms. The average Bonchev–Trinajstić information content (AvgIpc) is 2.34. The van der Waals surface area contributed by atoms with Crippen molar-refractivity contribution < 1.29 is 8.78 Å². The van der Waals surface area contributed by atoms with Crippen molar-refractivity contribution >= 4 is 0 Å². The Morgan fingerprint density at radius 2 is 1.94 bits per heavy atom. The predicted molar refractivity (Wildman–Crippen MR) is 66.2 cm³/mol. The largest absolute Gasteiger partial charge is 0.309 e. The number of rotatable bonds is 3. The molecule has 0 aliphatic heterocycles. The number of aryl methyl sites for hydroxylation is 1. The van der Waals surface area contributed by atoms with Crippen LogP contribution in [-0.2, 0) is 0 Å². The zero-order chi connectivity index (χ0) is 13.1. The van der Waals surface area contributed by atoms with Crippen LogP contribution in [0.1, 0.15) is 22.7 Å². The van der Waals surface area contributed by atoms with Crippen LogP contribution in [0, 0.1) is 18.6 Å². The SMILES string of the molecule is CNC(c1cnccc1C)c1ccc(F)cc1F. The van der Waals surface area contributed by atoms with Gasteiger partial charge in [0.05, 0.1) is 6.04 Å². The maximum atomic E-state index is 13.8. The summed E-state index contributed by atoms with van der Waals surface area (Å²) in [5.74, 6) is -1.13. The standard InChI is InChI=1S/C14H14F2N2/c1-9-5-6-18-8-12(9)14(17-2)11-4-3-10(15)7-13(11)16/h3-8,14,17H,1-2H3. The van der Waals surface area contributed by atoms with Gasteiger partial charge >= 0.3 is 0 Å². The molecule has 0 aliphatic carbocycles. The predicted octanol–water partition coefficient (Wildman–Crippen LogP) is 2.98. The molecule has 1 aromatic heterocycles. The smallest absolute Gasteiger partial charge is 0.131 e.